The van der Waals surface area contributed by atoms with E-state index in [-0.39, 0.29) is 5.54 Å². The summed E-state index contributed by atoms with van der Waals surface area (Å²) in [7, 11) is 4.34. The molecule has 0 atom stereocenters. The predicted octanol–water partition coefficient (Wildman–Crippen LogP) is 1.39. The minimum Gasteiger partial charge on any atom is -0.326 e. The molecule has 1 fully saturated rings. The molecule has 1 saturated heterocycles. The van der Waals surface area contributed by atoms with Gasteiger partial charge in [0.05, 0.1) is 0 Å². The lowest BCUT2D eigenvalue weighted by atomic mass is 9.95. The smallest absolute Gasteiger partial charge is 0.0109 e. The summed E-state index contributed by atoms with van der Waals surface area (Å²) in [5.41, 5.74) is 6.00. The molecular formula is C13H29N3. The molecule has 16 heavy (non-hydrogen) atoms. The molecule has 0 aromatic rings. The van der Waals surface area contributed by atoms with Crippen molar-refractivity contribution in [3.05, 3.63) is 0 Å². The highest BCUT2D eigenvalue weighted by molar-refractivity contribution is 4.78. The van der Waals surface area contributed by atoms with Crippen LogP contribution < -0.4 is 5.73 Å². The first-order valence-electron chi connectivity index (χ1n) is 6.53. The third-order valence-corrected chi connectivity index (χ3v) is 3.40. The second kappa shape index (κ2) is 5.99. The zero-order valence-electron chi connectivity index (χ0n) is 11.5. The van der Waals surface area contributed by atoms with Gasteiger partial charge in [-0.1, -0.05) is 0 Å². The minimum atomic E-state index is -0.0134. The van der Waals surface area contributed by atoms with Crippen LogP contribution >= 0.6 is 0 Å². The zero-order valence-corrected chi connectivity index (χ0v) is 11.5. The lowest BCUT2D eigenvalue weighted by Crippen LogP contribution is -2.41. The summed E-state index contributed by atoms with van der Waals surface area (Å²) >= 11 is 0. The molecule has 1 rings (SSSR count). The largest absolute Gasteiger partial charge is 0.326 e. The molecule has 0 amide bonds. The van der Waals surface area contributed by atoms with Gasteiger partial charge in [0.25, 0.3) is 0 Å². The van der Waals surface area contributed by atoms with E-state index in [1.807, 2.05) is 0 Å². The van der Waals surface area contributed by atoms with Gasteiger partial charge in [0.15, 0.2) is 0 Å². The molecule has 0 aromatic carbocycles. The zero-order chi connectivity index (χ0) is 12.2. The Kier molecular flexibility index (Phi) is 5.22. The van der Waals surface area contributed by atoms with Crippen molar-refractivity contribution < 1.29 is 0 Å². The highest BCUT2D eigenvalue weighted by Crippen LogP contribution is 2.18. The summed E-state index contributed by atoms with van der Waals surface area (Å²) < 4.78 is 0. The number of piperidine rings is 1. The van der Waals surface area contributed by atoms with Gasteiger partial charge in [-0.15, -0.1) is 0 Å². The van der Waals surface area contributed by atoms with Crippen LogP contribution in [0.1, 0.15) is 33.1 Å². The van der Waals surface area contributed by atoms with Gasteiger partial charge in [-0.2, -0.15) is 0 Å². The Hall–Kier alpha value is -0.120. The topological polar surface area (TPSA) is 32.5 Å². The Morgan fingerprint density at radius 2 is 1.81 bits per heavy atom. The van der Waals surface area contributed by atoms with Crippen molar-refractivity contribution in [2.24, 2.45) is 11.7 Å². The molecule has 3 heteroatoms. The van der Waals surface area contributed by atoms with Crippen molar-refractivity contribution in [3.8, 4) is 0 Å². The van der Waals surface area contributed by atoms with Gasteiger partial charge in [-0.05, 0) is 72.8 Å². The number of rotatable bonds is 5. The first-order chi connectivity index (χ1) is 7.37. The van der Waals surface area contributed by atoms with Gasteiger partial charge in [0, 0.05) is 12.1 Å². The lowest BCUT2D eigenvalue weighted by molar-refractivity contribution is 0.154. The fraction of sp³-hybridized carbons (Fsp3) is 1.00. The Morgan fingerprint density at radius 3 is 2.25 bits per heavy atom. The highest BCUT2D eigenvalue weighted by Gasteiger charge is 2.20. The van der Waals surface area contributed by atoms with Gasteiger partial charge in [-0.25, -0.2) is 0 Å². The Morgan fingerprint density at radius 1 is 1.25 bits per heavy atom. The maximum Gasteiger partial charge on any atom is 0.0109 e. The van der Waals surface area contributed by atoms with Crippen LogP contribution in [0.5, 0.6) is 0 Å². The Bertz CT molecular complexity index is 188. The molecule has 0 unspecified atom stereocenters. The first-order valence-corrected chi connectivity index (χ1v) is 6.53. The SMILES string of the molecule is CN(C)CC1CCN(CCC(C)(C)N)CC1. The van der Waals surface area contributed by atoms with Crippen LogP contribution in [0.3, 0.4) is 0 Å². The molecule has 0 saturated carbocycles. The third-order valence-electron chi connectivity index (χ3n) is 3.40. The molecule has 0 spiro atoms. The monoisotopic (exact) mass is 227 g/mol. The Balaban J connectivity index is 2.17. The van der Waals surface area contributed by atoms with E-state index < -0.39 is 0 Å². The fourth-order valence-electron chi connectivity index (χ4n) is 2.36. The van der Waals surface area contributed by atoms with E-state index >= 15 is 0 Å². The first kappa shape index (κ1) is 13.9. The predicted molar refractivity (Wildman–Crippen MR) is 70.6 cm³/mol. The van der Waals surface area contributed by atoms with Gasteiger partial charge in [-0.3, -0.25) is 0 Å². The van der Waals surface area contributed by atoms with Crippen molar-refractivity contribution in [1.29, 1.82) is 0 Å². The molecule has 0 radical (unpaired) electrons. The molecule has 96 valence electrons. The minimum absolute atomic E-state index is 0.0134. The van der Waals surface area contributed by atoms with Crippen molar-refractivity contribution >= 4 is 0 Å². The second-order valence-electron chi connectivity index (χ2n) is 6.29. The molecule has 0 bridgehead atoms. The summed E-state index contributed by atoms with van der Waals surface area (Å²) in [5, 5.41) is 0. The molecule has 1 aliphatic rings. The standard InChI is InChI=1S/C13H29N3/c1-13(2,14)7-10-16-8-5-12(6-9-16)11-15(3)4/h12H,5-11,14H2,1-4H3. The molecule has 1 aliphatic heterocycles. The number of hydrogen-bond donors (Lipinski definition) is 1. The summed E-state index contributed by atoms with van der Waals surface area (Å²) in [6, 6.07) is 0. The number of nitrogens with zero attached hydrogens (tertiary/aromatic N) is 2. The maximum atomic E-state index is 6.01. The van der Waals surface area contributed by atoms with Gasteiger partial charge >= 0.3 is 0 Å². The van der Waals surface area contributed by atoms with E-state index in [2.05, 4.69) is 37.7 Å². The van der Waals surface area contributed by atoms with Crippen LogP contribution in [0.4, 0.5) is 0 Å². The van der Waals surface area contributed by atoms with Crippen molar-refractivity contribution in [3.63, 3.8) is 0 Å². The average Bonchev–Trinajstić information content (AvgIpc) is 2.14. The van der Waals surface area contributed by atoms with E-state index in [4.69, 9.17) is 5.73 Å². The molecule has 2 N–H and O–H groups in total. The van der Waals surface area contributed by atoms with Gasteiger partial charge in [0.1, 0.15) is 0 Å². The lowest BCUT2D eigenvalue weighted by Gasteiger charge is -2.34. The van der Waals surface area contributed by atoms with Crippen LogP contribution in [0, 0.1) is 5.92 Å². The molecule has 1 heterocycles. The molecule has 0 aromatic heterocycles. The van der Waals surface area contributed by atoms with E-state index in [9.17, 15) is 0 Å². The van der Waals surface area contributed by atoms with Crippen LogP contribution in [0.15, 0.2) is 0 Å². The van der Waals surface area contributed by atoms with Crippen LogP contribution in [-0.4, -0.2) is 55.6 Å². The summed E-state index contributed by atoms with van der Waals surface area (Å²) in [4.78, 5) is 4.88. The highest BCUT2D eigenvalue weighted by atomic mass is 15.1. The number of likely N-dealkylation sites (tertiary alicyclic amines) is 1. The van der Waals surface area contributed by atoms with Crippen molar-refractivity contribution in [2.45, 2.75) is 38.6 Å². The van der Waals surface area contributed by atoms with Crippen LogP contribution in [-0.2, 0) is 0 Å². The maximum absolute atomic E-state index is 6.01. The number of hydrogen-bond acceptors (Lipinski definition) is 3. The van der Waals surface area contributed by atoms with E-state index in [1.165, 1.54) is 32.5 Å². The van der Waals surface area contributed by atoms with E-state index in [0.29, 0.717) is 0 Å². The Labute approximate surface area is 101 Å². The third kappa shape index (κ3) is 5.83. The van der Waals surface area contributed by atoms with E-state index in [1.54, 1.807) is 0 Å². The quantitative estimate of drug-likeness (QED) is 0.770. The molecule has 3 nitrogen and oxygen atoms in total. The van der Waals surface area contributed by atoms with E-state index in [0.717, 1.165) is 18.9 Å². The summed E-state index contributed by atoms with van der Waals surface area (Å²) in [6.07, 6.45) is 3.80. The normalized spacial score (nSPS) is 20.6. The van der Waals surface area contributed by atoms with Crippen molar-refractivity contribution in [1.82, 2.24) is 9.80 Å². The number of nitrogens with two attached hydrogens (primary N) is 1. The van der Waals surface area contributed by atoms with Crippen molar-refractivity contribution in [2.75, 3.05) is 40.3 Å². The molecular weight excluding hydrogens is 198 g/mol. The van der Waals surface area contributed by atoms with Gasteiger partial charge < -0.3 is 15.5 Å². The second-order valence-corrected chi connectivity index (χ2v) is 6.29. The average molecular weight is 227 g/mol. The molecule has 0 aliphatic carbocycles. The summed E-state index contributed by atoms with van der Waals surface area (Å²) in [6.45, 7) is 9.16. The van der Waals surface area contributed by atoms with Gasteiger partial charge in [0.2, 0.25) is 0 Å². The van der Waals surface area contributed by atoms with Crippen LogP contribution in [0.25, 0.3) is 0 Å². The van der Waals surface area contributed by atoms with Crippen LogP contribution in [0.2, 0.25) is 0 Å². The summed E-state index contributed by atoms with van der Waals surface area (Å²) in [5.74, 6) is 0.900. The fourth-order valence-corrected chi connectivity index (χ4v) is 2.36.